The van der Waals surface area contributed by atoms with Crippen molar-refractivity contribution in [3.8, 4) is 11.5 Å². The minimum Gasteiger partial charge on any atom is -0.450 e. The highest BCUT2D eigenvalue weighted by Gasteiger charge is 2.32. The minimum atomic E-state index is -0.371. The number of halogens is 1. The predicted molar refractivity (Wildman–Crippen MR) is 127 cm³/mol. The van der Waals surface area contributed by atoms with Crippen LogP contribution in [-0.4, -0.2) is 42.8 Å². The maximum absolute atomic E-state index is 11.8. The van der Waals surface area contributed by atoms with Gasteiger partial charge in [-0.1, -0.05) is 18.2 Å². The molecule has 1 unspecified atom stereocenters. The number of guanidine groups is 1. The van der Waals surface area contributed by atoms with E-state index >= 15 is 0 Å². The molecule has 1 aromatic carbocycles. The van der Waals surface area contributed by atoms with Crippen molar-refractivity contribution in [2.24, 2.45) is 10.9 Å². The normalized spacial score (nSPS) is 14.4. The van der Waals surface area contributed by atoms with Crippen molar-refractivity contribution in [2.75, 3.05) is 19.7 Å². The second-order valence-electron chi connectivity index (χ2n) is 6.89. The summed E-state index contributed by atoms with van der Waals surface area (Å²) in [6, 6.07) is 9.79. The standard InChI is InChI=1S/C21H29N5O3.HI/c1-3-22-20(24-13-18(15-10-11-15)26-21(27)28-4-2)23-12-17-14-29-19(25-17)16-8-6-5-7-9-16;/h5-9,14-15,18H,3-4,10-13H2,1-2H3,(H,26,27)(H2,22,23,24);1H. The Kier molecular flexibility index (Phi) is 9.92. The quantitative estimate of drug-likeness (QED) is 0.262. The summed E-state index contributed by atoms with van der Waals surface area (Å²) in [6.07, 6.45) is 3.50. The lowest BCUT2D eigenvalue weighted by Crippen LogP contribution is -2.48. The maximum Gasteiger partial charge on any atom is 0.407 e. The topological polar surface area (TPSA) is 101 Å². The van der Waals surface area contributed by atoms with Gasteiger partial charge in [0.2, 0.25) is 5.89 Å². The van der Waals surface area contributed by atoms with Crippen LogP contribution in [0.1, 0.15) is 32.4 Å². The van der Waals surface area contributed by atoms with Crippen molar-refractivity contribution < 1.29 is 13.9 Å². The largest absolute Gasteiger partial charge is 0.450 e. The number of hydrogen-bond donors (Lipinski definition) is 3. The zero-order valence-electron chi connectivity index (χ0n) is 17.4. The lowest BCUT2D eigenvalue weighted by atomic mass is 10.2. The van der Waals surface area contributed by atoms with Gasteiger partial charge < -0.3 is 25.1 Å². The molecule has 1 saturated carbocycles. The van der Waals surface area contributed by atoms with Gasteiger partial charge in [0.1, 0.15) is 12.0 Å². The number of ether oxygens (including phenoxy) is 1. The minimum absolute atomic E-state index is 0. The molecule has 1 aliphatic rings. The highest BCUT2D eigenvalue weighted by atomic mass is 127. The van der Waals surface area contributed by atoms with Gasteiger partial charge in [-0.15, -0.1) is 24.0 Å². The number of benzene rings is 1. The van der Waals surface area contributed by atoms with Gasteiger partial charge in [0, 0.05) is 18.7 Å². The first-order chi connectivity index (χ1) is 14.2. The van der Waals surface area contributed by atoms with E-state index in [2.05, 4.69) is 25.9 Å². The van der Waals surface area contributed by atoms with E-state index in [1.54, 1.807) is 13.2 Å². The molecule has 30 heavy (non-hydrogen) atoms. The van der Waals surface area contributed by atoms with Crippen LogP contribution in [0.3, 0.4) is 0 Å². The monoisotopic (exact) mass is 527 g/mol. The van der Waals surface area contributed by atoms with Crippen molar-refractivity contribution in [2.45, 2.75) is 39.3 Å². The molecule has 164 valence electrons. The summed E-state index contributed by atoms with van der Waals surface area (Å²) in [5, 5.41) is 9.47. The third-order valence-corrected chi connectivity index (χ3v) is 4.58. The van der Waals surface area contributed by atoms with Gasteiger partial charge in [-0.2, -0.15) is 0 Å². The van der Waals surface area contributed by atoms with Crippen molar-refractivity contribution in [3.05, 3.63) is 42.3 Å². The molecule has 1 fully saturated rings. The summed E-state index contributed by atoms with van der Waals surface area (Å²) in [4.78, 5) is 20.8. The van der Waals surface area contributed by atoms with Crippen molar-refractivity contribution >= 4 is 36.0 Å². The number of carbonyl (C=O) groups excluding carboxylic acids is 1. The molecule has 0 aliphatic heterocycles. The predicted octanol–water partition coefficient (Wildman–Crippen LogP) is 3.54. The average Bonchev–Trinajstić information content (AvgIpc) is 3.47. The number of rotatable bonds is 9. The molecular weight excluding hydrogens is 497 g/mol. The number of alkyl carbamates (subject to hydrolysis) is 1. The smallest absolute Gasteiger partial charge is 0.407 e. The van der Waals surface area contributed by atoms with Crippen LogP contribution in [0.5, 0.6) is 0 Å². The lowest BCUT2D eigenvalue weighted by Gasteiger charge is -2.20. The van der Waals surface area contributed by atoms with Crippen molar-refractivity contribution in [3.63, 3.8) is 0 Å². The van der Waals surface area contributed by atoms with Gasteiger partial charge in [0.15, 0.2) is 5.96 Å². The highest BCUT2D eigenvalue weighted by molar-refractivity contribution is 14.0. The van der Waals surface area contributed by atoms with Crippen LogP contribution >= 0.6 is 24.0 Å². The molecule has 9 heteroatoms. The van der Waals surface area contributed by atoms with Crippen LogP contribution in [0.2, 0.25) is 0 Å². The molecule has 1 aromatic heterocycles. The van der Waals surface area contributed by atoms with Gasteiger partial charge in [0.25, 0.3) is 0 Å². The van der Waals surface area contributed by atoms with E-state index in [-0.39, 0.29) is 36.1 Å². The van der Waals surface area contributed by atoms with Gasteiger partial charge in [-0.05, 0) is 44.7 Å². The van der Waals surface area contributed by atoms with E-state index < -0.39 is 0 Å². The van der Waals surface area contributed by atoms with E-state index in [9.17, 15) is 4.79 Å². The zero-order valence-corrected chi connectivity index (χ0v) is 19.7. The van der Waals surface area contributed by atoms with Gasteiger partial charge >= 0.3 is 6.09 Å². The number of carbonyl (C=O) groups is 1. The first-order valence-corrected chi connectivity index (χ1v) is 10.1. The van der Waals surface area contributed by atoms with E-state index in [0.29, 0.717) is 37.5 Å². The summed E-state index contributed by atoms with van der Waals surface area (Å²) >= 11 is 0. The third-order valence-electron chi connectivity index (χ3n) is 4.58. The fraction of sp³-hybridized carbons (Fsp3) is 0.476. The Bertz CT molecular complexity index is 808. The van der Waals surface area contributed by atoms with Crippen LogP contribution < -0.4 is 16.0 Å². The Morgan fingerprint density at radius 2 is 2.03 bits per heavy atom. The summed E-state index contributed by atoms with van der Waals surface area (Å²) in [5.41, 5.74) is 1.69. The zero-order chi connectivity index (χ0) is 20.5. The summed E-state index contributed by atoms with van der Waals surface area (Å²) in [6.45, 7) is 5.89. The maximum atomic E-state index is 11.8. The highest BCUT2D eigenvalue weighted by Crippen LogP contribution is 2.32. The summed E-state index contributed by atoms with van der Waals surface area (Å²) < 4.78 is 10.6. The van der Waals surface area contributed by atoms with Crippen molar-refractivity contribution in [1.29, 1.82) is 0 Å². The molecule has 1 heterocycles. The Hall–Kier alpha value is -2.30. The number of amides is 1. The fourth-order valence-corrected chi connectivity index (χ4v) is 2.96. The molecule has 0 bridgehead atoms. The first-order valence-electron chi connectivity index (χ1n) is 10.1. The fourth-order valence-electron chi connectivity index (χ4n) is 2.96. The lowest BCUT2D eigenvalue weighted by molar-refractivity contribution is 0.146. The van der Waals surface area contributed by atoms with Crippen molar-refractivity contribution in [1.82, 2.24) is 20.9 Å². The average molecular weight is 527 g/mol. The SMILES string of the molecule is CCNC(=NCc1coc(-c2ccccc2)n1)NCC(NC(=O)OCC)C1CC1.I. The second kappa shape index (κ2) is 12.4. The summed E-state index contributed by atoms with van der Waals surface area (Å²) in [7, 11) is 0. The van der Waals surface area contributed by atoms with Crippen LogP contribution in [0.4, 0.5) is 4.79 Å². The van der Waals surface area contributed by atoms with Crippen LogP contribution in [0, 0.1) is 5.92 Å². The number of hydrogen-bond acceptors (Lipinski definition) is 5. The molecule has 0 radical (unpaired) electrons. The Morgan fingerprint density at radius 1 is 1.27 bits per heavy atom. The third kappa shape index (κ3) is 7.51. The van der Waals surface area contributed by atoms with Gasteiger partial charge in [0.05, 0.1) is 19.2 Å². The molecule has 1 amide bonds. The van der Waals surface area contributed by atoms with Gasteiger partial charge in [-0.25, -0.2) is 14.8 Å². The Morgan fingerprint density at radius 3 is 2.70 bits per heavy atom. The Balaban J connectivity index is 0.00000320. The van der Waals surface area contributed by atoms with Crippen LogP contribution in [0.25, 0.3) is 11.5 Å². The van der Waals surface area contributed by atoms with Crippen LogP contribution in [-0.2, 0) is 11.3 Å². The molecule has 1 aliphatic carbocycles. The van der Waals surface area contributed by atoms with E-state index in [0.717, 1.165) is 30.6 Å². The molecule has 2 aromatic rings. The number of nitrogens with zero attached hydrogens (tertiary/aromatic N) is 2. The van der Waals surface area contributed by atoms with E-state index in [1.807, 2.05) is 37.3 Å². The molecule has 3 N–H and O–H groups in total. The Labute approximate surface area is 194 Å². The number of nitrogens with one attached hydrogen (secondary N) is 3. The first kappa shape index (κ1) is 24.0. The molecule has 0 spiro atoms. The molecule has 3 rings (SSSR count). The molecule has 1 atom stereocenters. The molecular formula is C21H30IN5O3. The van der Waals surface area contributed by atoms with E-state index in [1.165, 1.54) is 0 Å². The molecule has 8 nitrogen and oxygen atoms in total. The molecule has 0 saturated heterocycles. The number of oxazole rings is 1. The summed E-state index contributed by atoms with van der Waals surface area (Å²) in [5.74, 6) is 1.74. The second-order valence-corrected chi connectivity index (χ2v) is 6.89. The number of aliphatic imine (C=N–C) groups is 1. The van der Waals surface area contributed by atoms with E-state index in [4.69, 9.17) is 9.15 Å². The number of aromatic nitrogens is 1. The van der Waals surface area contributed by atoms with Crippen LogP contribution in [0.15, 0.2) is 46.0 Å². The van der Waals surface area contributed by atoms with Gasteiger partial charge in [-0.3, -0.25) is 0 Å².